The number of hydrogen-bond donors (Lipinski definition) is 2. The highest BCUT2D eigenvalue weighted by Crippen LogP contribution is 2.07. The number of aromatic nitrogens is 2. The zero-order valence-electron chi connectivity index (χ0n) is 9.23. The van der Waals surface area contributed by atoms with Gasteiger partial charge in [0.1, 0.15) is 0 Å². The average Bonchev–Trinajstić information content (AvgIpc) is 2.34. The normalized spacial score (nSPS) is 10.2. The third-order valence-corrected chi connectivity index (χ3v) is 2.49. The molecule has 5 heteroatoms. The number of hydrogen-bond acceptors (Lipinski definition) is 4. The summed E-state index contributed by atoms with van der Waals surface area (Å²) in [7, 11) is 0. The Labute approximate surface area is 105 Å². The summed E-state index contributed by atoms with van der Waals surface area (Å²) in [6, 6.07) is 7.82. The number of benzene rings is 1. The van der Waals surface area contributed by atoms with Crippen LogP contribution in [0.15, 0.2) is 36.7 Å². The summed E-state index contributed by atoms with van der Waals surface area (Å²) in [6.07, 6.45) is 4.03. The van der Waals surface area contributed by atoms with E-state index in [1.54, 1.807) is 12.4 Å². The van der Waals surface area contributed by atoms with Crippen LogP contribution in [0.3, 0.4) is 0 Å². The fourth-order valence-electron chi connectivity index (χ4n) is 1.41. The molecule has 1 aromatic carbocycles. The van der Waals surface area contributed by atoms with Crippen LogP contribution >= 0.6 is 11.6 Å². The molecule has 88 valence electrons. The van der Waals surface area contributed by atoms with Gasteiger partial charge in [0.15, 0.2) is 0 Å². The molecule has 0 aliphatic carbocycles. The topological polar surface area (TPSA) is 63.8 Å². The Kier molecular flexibility index (Phi) is 3.77. The molecule has 3 N–H and O–H groups in total. The van der Waals surface area contributed by atoms with E-state index in [0.29, 0.717) is 11.0 Å². The highest BCUT2D eigenvalue weighted by Gasteiger charge is 1.96. The van der Waals surface area contributed by atoms with Crippen LogP contribution < -0.4 is 11.1 Å². The van der Waals surface area contributed by atoms with Gasteiger partial charge in [-0.05, 0) is 24.1 Å². The minimum atomic E-state index is 0.536. The predicted molar refractivity (Wildman–Crippen MR) is 70.1 cm³/mol. The number of halogens is 1. The number of nitrogens with two attached hydrogens (primary N) is 1. The summed E-state index contributed by atoms with van der Waals surface area (Å²) >= 11 is 5.69. The SMILES string of the molecule is Nc1ccc(CCNc2ncc(Cl)cn2)cc1. The van der Waals surface area contributed by atoms with E-state index in [1.807, 2.05) is 24.3 Å². The van der Waals surface area contributed by atoms with Gasteiger partial charge < -0.3 is 11.1 Å². The Bertz CT molecular complexity index is 421. The maximum absolute atomic E-state index is 5.69. The number of rotatable bonds is 4. The maximum atomic E-state index is 5.69. The maximum Gasteiger partial charge on any atom is 0.222 e. The van der Waals surface area contributed by atoms with Crippen molar-refractivity contribution in [3.63, 3.8) is 0 Å². The van der Waals surface area contributed by atoms with Gasteiger partial charge in [0.05, 0.1) is 17.4 Å². The van der Waals surface area contributed by atoms with Crippen molar-refractivity contribution < 1.29 is 0 Å². The molecule has 0 saturated heterocycles. The van der Waals surface area contributed by atoms with Gasteiger partial charge in [-0.15, -0.1) is 0 Å². The van der Waals surface area contributed by atoms with E-state index in [4.69, 9.17) is 17.3 Å². The van der Waals surface area contributed by atoms with Crippen molar-refractivity contribution >= 4 is 23.2 Å². The Morgan fingerprint density at radius 1 is 1.12 bits per heavy atom. The van der Waals surface area contributed by atoms with Gasteiger partial charge in [-0.2, -0.15) is 0 Å². The van der Waals surface area contributed by atoms with Gasteiger partial charge in [-0.1, -0.05) is 23.7 Å². The zero-order valence-corrected chi connectivity index (χ0v) is 9.98. The first-order valence-corrected chi connectivity index (χ1v) is 5.68. The van der Waals surface area contributed by atoms with Crippen LogP contribution in [-0.2, 0) is 6.42 Å². The third kappa shape index (κ3) is 3.60. The molecule has 0 atom stereocenters. The molecule has 0 fully saturated rings. The Balaban J connectivity index is 1.83. The summed E-state index contributed by atoms with van der Waals surface area (Å²) in [5.74, 6) is 0.588. The van der Waals surface area contributed by atoms with Crippen molar-refractivity contribution in [3.8, 4) is 0 Å². The first kappa shape index (κ1) is 11.7. The summed E-state index contributed by atoms with van der Waals surface area (Å²) in [6.45, 7) is 0.769. The monoisotopic (exact) mass is 248 g/mol. The van der Waals surface area contributed by atoms with E-state index in [9.17, 15) is 0 Å². The van der Waals surface area contributed by atoms with Gasteiger partial charge in [0, 0.05) is 12.2 Å². The van der Waals surface area contributed by atoms with Crippen LogP contribution in [0.4, 0.5) is 11.6 Å². The molecule has 1 aromatic heterocycles. The summed E-state index contributed by atoms with van der Waals surface area (Å²) < 4.78 is 0. The summed E-state index contributed by atoms with van der Waals surface area (Å²) in [4.78, 5) is 8.10. The molecular formula is C12H13ClN4. The lowest BCUT2D eigenvalue weighted by Gasteiger charge is -2.04. The molecule has 2 aromatic rings. The second kappa shape index (κ2) is 5.50. The highest BCUT2D eigenvalue weighted by molar-refractivity contribution is 6.30. The van der Waals surface area contributed by atoms with E-state index < -0.39 is 0 Å². The van der Waals surface area contributed by atoms with Gasteiger partial charge in [-0.3, -0.25) is 0 Å². The van der Waals surface area contributed by atoms with Crippen molar-refractivity contribution in [2.75, 3.05) is 17.6 Å². The van der Waals surface area contributed by atoms with Crippen LogP contribution in [0, 0.1) is 0 Å². The lowest BCUT2D eigenvalue weighted by molar-refractivity contribution is 0.984. The molecule has 0 bridgehead atoms. The molecule has 0 unspecified atom stereocenters. The number of nitrogens with one attached hydrogen (secondary N) is 1. The van der Waals surface area contributed by atoms with E-state index >= 15 is 0 Å². The molecule has 2 rings (SSSR count). The van der Waals surface area contributed by atoms with Crippen molar-refractivity contribution in [1.82, 2.24) is 9.97 Å². The number of nitrogens with zero attached hydrogens (tertiary/aromatic N) is 2. The average molecular weight is 249 g/mol. The third-order valence-electron chi connectivity index (χ3n) is 2.30. The molecule has 1 heterocycles. The number of anilines is 2. The lowest BCUT2D eigenvalue weighted by atomic mass is 10.1. The highest BCUT2D eigenvalue weighted by atomic mass is 35.5. The van der Waals surface area contributed by atoms with Crippen LogP contribution in [0.5, 0.6) is 0 Å². The quantitative estimate of drug-likeness (QED) is 0.816. The van der Waals surface area contributed by atoms with Crippen LogP contribution in [0.1, 0.15) is 5.56 Å². The Morgan fingerprint density at radius 2 is 1.76 bits per heavy atom. The first-order valence-electron chi connectivity index (χ1n) is 5.30. The van der Waals surface area contributed by atoms with E-state index in [2.05, 4.69) is 15.3 Å². The predicted octanol–water partition coefficient (Wildman–Crippen LogP) is 2.37. The molecule has 0 aliphatic rings. The van der Waals surface area contributed by atoms with Gasteiger partial charge in [-0.25, -0.2) is 9.97 Å². The fraction of sp³-hybridized carbons (Fsp3) is 0.167. The molecule has 0 aliphatic heterocycles. The van der Waals surface area contributed by atoms with Crippen molar-refractivity contribution in [2.24, 2.45) is 0 Å². The van der Waals surface area contributed by atoms with Crippen molar-refractivity contribution in [1.29, 1.82) is 0 Å². The van der Waals surface area contributed by atoms with Crippen LogP contribution in [0.25, 0.3) is 0 Å². The largest absolute Gasteiger partial charge is 0.399 e. The van der Waals surface area contributed by atoms with Gasteiger partial charge in [0.2, 0.25) is 5.95 Å². The van der Waals surface area contributed by atoms with Crippen LogP contribution in [0.2, 0.25) is 5.02 Å². The molecule has 4 nitrogen and oxygen atoms in total. The van der Waals surface area contributed by atoms with Crippen molar-refractivity contribution in [3.05, 3.63) is 47.2 Å². The minimum absolute atomic E-state index is 0.536. The second-order valence-corrected chi connectivity index (χ2v) is 4.08. The number of nitrogen functional groups attached to an aromatic ring is 1. The van der Waals surface area contributed by atoms with Crippen molar-refractivity contribution in [2.45, 2.75) is 6.42 Å². The fourth-order valence-corrected chi connectivity index (χ4v) is 1.50. The van der Waals surface area contributed by atoms with E-state index in [1.165, 1.54) is 5.56 Å². The molecule has 17 heavy (non-hydrogen) atoms. The minimum Gasteiger partial charge on any atom is -0.399 e. The molecule has 0 radical (unpaired) electrons. The summed E-state index contributed by atoms with van der Waals surface area (Å²) in [5, 5.41) is 3.66. The molecular weight excluding hydrogens is 236 g/mol. The Morgan fingerprint density at radius 3 is 2.41 bits per heavy atom. The first-order chi connectivity index (χ1) is 8.24. The molecule has 0 saturated carbocycles. The molecule has 0 spiro atoms. The zero-order chi connectivity index (χ0) is 12.1. The van der Waals surface area contributed by atoms with Gasteiger partial charge in [0.25, 0.3) is 0 Å². The Hall–Kier alpha value is -1.81. The smallest absolute Gasteiger partial charge is 0.222 e. The van der Waals surface area contributed by atoms with Gasteiger partial charge >= 0.3 is 0 Å². The van der Waals surface area contributed by atoms with E-state index in [0.717, 1.165) is 18.7 Å². The lowest BCUT2D eigenvalue weighted by Crippen LogP contribution is -2.07. The van der Waals surface area contributed by atoms with E-state index in [-0.39, 0.29) is 0 Å². The second-order valence-electron chi connectivity index (χ2n) is 3.64. The standard InChI is InChI=1S/C12H13ClN4/c13-10-7-16-12(17-8-10)15-6-5-9-1-3-11(14)4-2-9/h1-4,7-8H,5-6,14H2,(H,15,16,17). The summed E-state index contributed by atoms with van der Waals surface area (Å²) in [5.41, 5.74) is 7.62. The molecule has 0 amide bonds. The van der Waals surface area contributed by atoms with Crippen LogP contribution in [-0.4, -0.2) is 16.5 Å².